The molecule has 2 aromatic rings. The van der Waals surface area contributed by atoms with Gasteiger partial charge >= 0.3 is 5.97 Å². The lowest BCUT2D eigenvalue weighted by Crippen LogP contribution is -2.37. The number of benzene rings is 1. The Kier molecular flexibility index (Phi) is 8.50. The maximum Gasteiger partial charge on any atom is 0.330 e. The number of hydrogen-bond acceptors (Lipinski definition) is 5. The van der Waals surface area contributed by atoms with Crippen molar-refractivity contribution in [3.8, 4) is 0 Å². The Hall–Kier alpha value is -1.86. The van der Waals surface area contributed by atoms with Gasteiger partial charge in [-0.25, -0.2) is 4.79 Å². The number of anilines is 1. The summed E-state index contributed by atoms with van der Waals surface area (Å²) < 4.78 is 5.27. The van der Waals surface area contributed by atoms with Gasteiger partial charge in [-0.3, -0.25) is 9.69 Å². The van der Waals surface area contributed by atoms with Crippen molar-refractivity contribution in [3.05, 3.63) is 63.0 Å². The Morgan fingerprint density at radius 2 is 1.87 bits per heavy atom. The van der Waals surface area contributed by atoms with Crippen LogP contribution in [0.5, 0.6) is 0 Å². The Labute approximate surface area is 190 Å². The first-order valence-corrected chi connectivity index (χ1v) is 11.0. The molecular formula is C22H25Cl2NO4S. The van der Waals surface area contributed by atoms with E-state index in [9.17, 15) is 14.7 Å². The summed E-state index contributed by atoms with van der Waals surface area (Å²) in [5.41, 5.74) is 0.733. The first-order valence-electron chi connectivity index (χ1n) is 9.41. The van der Waals surface area contributed by atoms with Gasteiger partial charge in [-0.1, -0.05) is 62.2 Å². The largest absolute Gasteiger partial charge is 0.463 e. The van der Waals surface area contributed by atoms with Gasteiger partial charge in [0, 0.05) is 34.8 Å². The van der Waals surface area contributed by atoms with Crippen LogP contribution in [0.15, 0.2) is 42.5 Å². The summed E-state index contributed by atoms with van der Waals surface area (Å²) in [4.78, 5) is 26.2. The highest BCUT2D eigenvalue weighted by Crippen LogP contribution is 2.42. The number of hydrogen-bond donors (Lipinski definition) is 1. The molecule has 0 saturated carbocycles. The lowest BCUT2D eigenvalue weighted by Gasteiger charge is -2.30. The van der Waals surface area contributed by atoms with E-state index in [2.05, 4.69) is 0 Å². The molecule has 0 radical (unpaired) electrons. The molecule has 0 spiro atoms. The second-order valence-corrected chi connectivity index (χ2v) is 9.87. The maximum atomic E-state index is 13.0. The van der Waals surface area contributed by atoms with Crippen LogP contribution >= 0.6 is 34.5 Å². The van der Waals surface area contributed by atoms with Gasteiger partial charge in [0.25, 0.3) is 5.91 Å². The first-order chi connectivity index (χ1) is 14.0. The Morgan fingerprint density at radius 1 is 1.20 bits per heavy atom. The van der Waals surface area contributed by atoms with Gasteiger partial charge in [-0.15, -0.1) is 11.3 Å². The Morgan fingerprint density at radius 3 is 2.47 bits per heavy atom. The Balaban J connectivity index is 2.48. The number of amides is 1. The number of esters is 1. The van der Waals surface area contributed by atoms with Gasteiger partial charge < -0.3 is 9.84 Å². The number of rotatable bonds is 7. The second kappa shape index (κ2) is 10.4. The zero-order valence-corrected chi connectivity index (χ0v) is 19.6. The predicted octanol–water partition coefficient (Wildman–Crippen LogP) is 5.64. The standard InChI is InChI=1S/C22H25Cl2NO4S/c1-5-29-19(27)11-10-18(26)25(13-22(2,3)4)21-15(12-17(24)30-21)20(28)14-8-6-7-9-16(14)23/h6-12,20,28H,5,13H2,1-4H3/b11-10+. The minimum atomic E-state index is -1.07. The van der Waals surface area contributed by atoms with Crippen LogP contribution in [0.1, 0.15) is 44.9 Å². The molecule has 1 atom stereocenters. The summed E-state index contributed by atoms with van der Waals surface area (Å²) in [6, 6.07) is 8.59. The summed E-state index contributed by atoms with van der Waals surface area (Å²) >= 11 is 13.7. The Bertz CT molecular complexity index is 933. The highest BCUT2D eigenvalue weighted by molar-refractivity contribution is 7.20. The van der Waals surface area contributed by atoms with E-state index in [0.717, 1.165) is 6.08 Å². The lowest BCUT2D eigenvalue weighted by atomic mass is 9.95. The van der Waals surface area contributed by atoms with Crippen LogP contribution in [-0.4, -0.2) is 30.1 Å². The number of aliphatic hydroxyl groups is 1. The van der Waals surface area contributed by atoms with Crippen LogP contribution in [-0.2, 0) is 14.3 Å². The molecule has 1 amide bonds. The fraction of sp³-hybridized carbons (Fsp3) is 0.364. The van der Waals surface area contributed by atoms with Crippen LogP contribution < -0.4 is 4.90 Å². The lowest BCUT2D eigenvalue weighted by molar-refractivity contribution is -0.137. The molecule has 1 aromatic heterocycles. The molecule has 1 N–H and O–H groups in total. The van der Waals surface area contributed by atoms with E-state index in [1.54, 1.807) is 37.3 Å². The number of ether oxygens (including phenoxy) is 1. The SMILES string of the molecule is CCOC(=O)/C=C/C(=O)N(CC(C)(C)C)c1sc(Cl)cc1C(O)c1ccccc1Cl. The second-order valence-electron chi connectivity index (χ2n) is 7.81. The van der Waals surface area contributed by atoms with Gasteiger partial charge in [0.15, 0.2) is 0 Å². The number of carbonyl (C=O) groups excluding carboxylic acids is 2. The third-order valence-electron chi connectivity index (χ3n) is 4.00. The number of nitrogens with zero attached hydrogens (tertiary/aromatic N) is 1. The van der Waals surface area contributed by atoms with Crippen molar-refractivity contribution in [1.82, 2.24) is 0 Å². The number of aliphatic hydroxyl groups excluding tert-OH is 1. The minimum Gasteiger partial charge on any atom is -0.463 e. The van der Waals surface area contributed by atoms with E-state index in [0.29, 0.717) is 32.0 Å². The zero-order valence-electron chi connectivity index (χ0n) is 17.3. The molecule has 0 bridgehead atoms. The molecule has 0 aliphatic heterocycles. The molecular weight excluding hydrogens is 445 g/mol. The average Bonchev–Trinajstić information content (AvgIpc) is 3.05. The molecule has 0 fully saturated rings. The summed E-state index contributed by atoms with van der Waals surface area (Å²) in [6.07, 6.45) is 1.20. The molecule has 162 valence electrons. The van der Waals surface area contributed by atoms with Crippen LogP contribution in [0.25, 0.3) is 0 Å². The number of halogens is 2. The average molecular weight is 470 g/mol. The fourth-order valence-electron chi connectivity index (χ4n) is 2.78. The zero-order chi connectivity index (χ0) is 22.5. The van der Waals surface area contributed by atoms with Crippen molar-refractivity contribution in [3.63, 3.8) is 0 Å². The van der Waals surface area contributed by atoms with E-state index in [4.69, 9.17) is 27.9 Å². The molecule has 1 aromatic carbocycles. The van der Waals surface area contributed by atoms with Crippen molar-refractivity contribution in [2.45, 2.75) is 33.8 Å². The van der Waals surface area contributed by atoms with E-state index in [1.165, 1.54) is 22.3 Å². The molecule has 1 heterocycles. The maximum absolute atomic E-state index is 13.0. The molecule has 0 aliphatic carbocycles. The summed E-state index contributed by atoms with van der Waals surface area (Å²) in [6.45, 7) is 8.22. The number of carbonyl (C=O) groups is 2. The quantitative estimate of drug-likeness (QED) is 0.421. The van der Waals surface area contributed by atoms with E-state index >= 15 is 0 Å². The van der Waals surface area contributed by atoms with Gasteiger partial charge in [0.2, 0.25) is 0 Å². The van der Waals surface area contributed by atoms with Crippen molar-refractivity contribution < 1.29 is 19.4 Å². The number of thiophene rings is 1. The first kappa shape index (κ1) is 24.4. The third kappa shape index (κ3) is 6.57. The summed E-state index contributed by atoms with van der Waals surface area (Å²) in [7, 11) is 0. The van der Waals surface area contributed by atoms with Crippen molar-refractivity contribution in [2.75, 3.05) is 18.1 Å². The van der Waals surface area contributed by atoms with E-state index < -0.39 is 18.0 Å². The molecule has 2 rings (SSSR count). The highest BCUT2D eigenvalue weighted by Gasteiger charge is 2.29. The molecule has 5 nitrogen and oxygen atoms in total. The van der Waals surface area contributed by atoms with Gasteiger partial charge in [-0.2, -0.15) is 0 Å². The molecule has 30 heavy (non-hydrogen) atoms. The fourth-order valence-corrected chi connectivity index (χ4v) is 4.28. The smallest absolute Gasteiger partial charge is 0.330 e. The normalized spacial score (nSPS) is 12.8. The van der Waals surface area contributed by atoms with Crippen molar-refractivity contribution in [1.29, 1.82) is 0 Å². The predicted molar refractivity (Wildman–Crippen MR) is 122 cm³/mol. The van der Waals surface area contributed by atoms with Crippen LogP contribution in [0.3, 0.4) is 0 Å². The monoisotopic (exact) mass is 469 g/mol. The third-order valence-corrected chi connectivity index (χ3v) is 5.64. The van der Waals surface area contributed by atoms with Crippen molar-refractivity contribution >= 4 is 51.4 Å². The van der Waals surface area contributed by atoms with Gasteiger partial charge in [0.1, 0.15) is 11.1 Å². The van der Waals surface area contributed by atoms with Gasteiger partial charge in [-0.05, 0) is 24.5 Å². The summed E-state index contributed by atoms with van der Waals surface area (Å²) in [5, 5.41) is 11.9. The minimum absolute atomic E-state index is 0.220. The highest BCUT2D eigenvalue weighted by atomic mass is 35.5. The molecule has 1 unspecified atom stereocenters. The van der Waals surface area contributed by atoms with Crippen LogP contribution in [0.2, 0.25) is 9.36 Å². The van der Waals surface area contributed by atoms with Crippen molar-refractivity contribution in [2.24, 2.45) is 5.41 Å². The molecule has 0 saturated heterocycles. The van der Waals surface area contributed by atoms with Gasteiger partial charge in [0.05, 0.1) is 10.9 Å². The topological polar surface area (TPSA) is 66.8 Å². The van der Waals surface area contributed by atoms with Crippen LogP contribution in [0, 0.1) is 5.41 Å². The summed E-state index contributed by atoms with van der Waals surface area (Å²) in [5.74, 6) is -1.01. The molecule has 0 aliphatic rings. The van der Waals surface area contributed by atoms with E-state index in [-0.39, 0.29) is 12.0 Å². The van der Waals surface area contributed by atoms with E-state index in [1.807, 2.05) is 20.8 Å². The molecule has 8 heteroatoms. The van der Waals surface area contributed by atoms with Crippen LogP contribution in [0.4, 0.5) is 5.00 Å².